The number of benzene rings is 6. The molecule has 0 nitrogen and oxygen atoms in total. The second-order valence-electron chi connectivity index (χ2n) is 8.88. The van der Waals surface area contributed by atoms with E-state index in [2.05, 4.69) is 58.4 Å². The summed E-state index contributed by atoms with van der Waals surface area (Å²) in [6.07, 6.45) is 0. The lowest BCUT2D eigenvalue weighted by atomic mass is 9.82. The van der Waals surface area contributed by atoms with E-state index >= 15 is 0 Å². The van der Waals surface area contributed by atoms with Gasteiger partial charge in [0.1, 0.15) is 11.6 Å². The van der Waals surface area contributed by atoms with E-state index in [1.165, 1.54) is 29.7 Å². The molecule has 6 aromatic carbocycles. The fourth-order valence-electron chi connectivity index (χ4n) is 5.60. The molecule has 1 aliphatic rings. The number of hydrogen-bond donors (Lipinski definition) is 0. The molecule has 1 aliphatic carbocycles. The van der Waals surface area contributed by atoms with Crippen molar-refractivity contribution >= 4 is 37.5 Å². The average molecular weight is 519 g/mol. The summed E-state index contributed by atoms with van der Waals surface area (Å²) in [6.45, 7) is 0. The topological polar surface area (TPSA) is 0 Å². The van der Waals surface area contributed by atoms with Crippen LogP contribution in [0.4, 0.5) is 8.78 Å². The summed E-state index contributed by atoms with van der Waals surface area (Å²) in [6, 6.07) is 32.5. The Hall–Kier alpha value is -3.82. The van der Waals surface area contributed by atoms with E-state index in [0.29, 0.717) is 0 Å². The van der Waals surface area contributed by atoms with Gasteiger partial charge in [0.25, 0.3) is 0 Å². The van der Waals surface area contributed by atoms with Crippen LogP contribution in [0, 0.1) is 11.6 Å². The molecule has 0 radical (unpaired) electrons. The fourth-order valence-corrected chi connectivity index (χ4v) is 6.06. The van der Waals surface area contributed by atoms with E-state index in [9.17, 15) is 8.78 Å². The van der Waals surface area contributed by atoms with E-state index in [1.54, 1.807) is 0 Å². The summed E-state index contributed by atoms with van der Waals surface area (Å²) in [5.41, 5.74) is 8.68. The standard InChI is InChI=1S/C32H17BrF2/c33-27-17-16-26-30-24(27)6-3-7-25(30)31-28(18-8-12-20(34)13-9-18)22-4-1-2-5-23(22)29(32(26)31)19-10-14-21(35)15-11-19/h1-17H. The highest BCUT2D eigenvalue weighted by Gasteiger charge is 2.30. The van der Waals surface area contributed by atoms with Gasteiger partial charge in [-0.25, -0.2) is 8.78 Å². The van der Waals surface area contributed by atoms with Crippen molar-refractivity contribution in [3.63, 3.8) is 0 Å². The SMILES string of the molecule is Fc1ccc(-c2c3c(c(-c4ccc(F)cc4)c4ccccc24)-c2ccc(Br)c4cccc-3c24)cc1. The molecule has 35 heavy (non-hydrogen) atoms. The highest BCUT2D eigenvalue weighted by molar-refractivity contribution is 9.10. The summed E-state index contributed by atoms with van der Waals surface area (Å²) in [5, 5.41) is 4.51. The molecule has 0 aromatic heterocycles. The first-order chi connectivity index (χ1) is 17.1. The van der Waals surface area contributed by atoms with E-state index < -0.39 is 0 Å². The van der Waals surface area contributed by atoms with Gasteiger partial charge in [0, 0.05) is 4.47 Å². The summed E-state index contributed by atoms with van der Waals surface area (Å²) in [5.74, 6) is -0.515. The Balaban J connectivity index is 1.74. The summed E-state index contributed by atoms with van der Waals surface area (Å²) >= 11 is 3.74. The largest absolute Gasteiger partial charge is 0.207 e. The van der Waals surface area contributed by atoms with Crippen LogP contribution in [0.2, 0.25) is 0 Å². The van der Waals surface area contributed by atoms with Gasteiger partial charge >= 0.3 is 0 Å². The number of rotatable bonds is 2. The molecular weight excluding hydrogens is 502 g/mol. The number of hydrogen-bond acceptors (Lipinski definition) is 0. The molecule has 0 N–H and O–H groups in total. The van der Waals surface area contributed by atoms with Crippen LogP contribution in [0.15, 0.2) is 108 Å². The van der Waals surface area contributed by atoms with Crippen LogP contribution in [-0.2, 0) is 0 Å². The third-order valence-corrected chi connectivity index (χ3v) is 7.70. The van der Waals surface area contributed by atoms with Crippen LogP contribution in [0.3, 0.4) is 0 Å². The molecule has 0 aliphatic heterocycles. The Morgan fingerprint density at radius 2 is 0.914 bits per heavy atom. The second-order valence-corrected chi connectivity index (χ2v) is 9.74. The summed E-state index contributed by atoms with van der Waals surface area (Å²) < 4.78 is 28.9. The molecule has 0 saturated heterocycles. The Morgan fingerprint density at radius 1 is 0.429 bits per heavy atom. The van der Waals surface area contributed by atoms with Crippen LogP contribution in [-0.4, -0.2) is 0 Å². The van der Waals surface area contributed by atoms with Gasteiger partial charge in [0.2, 0.25) is 0 Å². The van der Waals surface area contributed by atoms with E-state index in [1.807, 2.05) is 36.4 Å². The van der Waals surface area contributed by atoms with Crippen LogP contribution < -0.4 is 0 Å². The zero-order valence-electron chi connectivity index (χ0n) is 18.4. The normalized spacial score (nSPS) is 11.9. The molecule has 0 spiro atoms. The van der Waals surface area contributed by atoms with Crippen molar-refractivity contribution < 1.29 is 8.78 Å². The second kappa shape index (κ2) is 7.59. The third kappa shape index (κ3) is 2.95. The maximum absolute atomic E-state index is 13.9. The highest BCUT2D eigenvalue weighted by Crippen LogP contribution is 2.58. The van der Waals surface area contributed by atoms with Crippen molar-refractivity contribution in [1.82, 2.24) is 0 Å². The van der Waals surface area contributed by atoms with Gasteiger partial charge in [0.05, 0.1) is 0 Å². The first-order valence-electron chi connectivity index (χ1n) is 11.4. The van der Waals surface area contributed by atoms with Gasteiger partial charge < -0.3 is 0 Å². The zero-order valence-corrected chi connectivity index (χ0v) is 20.0. The van der Waals surface area contributed by atoms with Crippen molar-refractivity contribution in [1.29, 1.82) is 0 Å². The molecule has 0 atom stereocenters. The number of fused-ring (bicyclic) bond motifs is 4. The van der Waals surface area contributed by atoms with Gasteiger partial charge in [-0.05, 0) is 96.4 Å². The van der Waals surface area contributed by atoms with Crippen molar-refractivity contribution in [2.75, 3.05) is 0 Å². The smallest absolute Gasteiger partial charge is 0.123 e. The average Bonchev–Trinajstić information content (AvgIpc) is 3.21. The van der Waals surface area contributed by atoms with Crippen molar-refractivity contribution in [3.8, 4) is 44.5 Å². The lowest BCUT2D eigenvalue weighted by Crippen LogP contribution is -1.94. The molecule has 0 bridgehead atoms. The van der Waals surface area contributed by atoms with Gasteiger partial charge in [-0.2, -0.15) is 0 Å². The van der Waals surface area contributed by atoms with Crippen molar-refractivity contribution in [3.05, 3.63) is 119 Å². The van der Waals surface area contributed by atoms with E-state index in [-0.39, 0.29) is 11.6 Å². The quantitative estimate of drug-likeness (QED) is 0.213. The zero-order chi connectivity index (χ0) is 23.7. The first kappa shape index (κ1) is 20.5. The molecule has 6 aromatic rings. The summed E-state index contributed by atoms with van der Waals surface area (Å²) in [4.78, 5) is 0. The minimum atomic E-state index is -0.257. The van der Waals surface area contributed by atoms with Crippen LogP contribution in [0.1, 0.15) is 0 Å². The molecule has 0 fully saturated rings. The van der Waals surface area contributed by atoms with Crippen molar-refractivity contribution in [2.24, 2.45) is 0 Å². The molecule has 7 rings (SSSR count). The van der Waals surface area contributed by atoms with Crippen LogP contribution >= 0.6 is 15.9 Å². The van der Waals surface area contributed by atoms with Crippen LogP contribution in [0.5, 0.6) is 0 Å². The Kier molecular flexibility index (Phi) is 4.46. The van der Waals surface area contributed by atoms with Gasteiger partial charge in [0.15, 0.2) is 0 Å². The Morgan fingerprint density at radius 3 is 1.46 bits per heavy atom. The fraction of sp³-hybridized carbons (Fsp3) is 0. The monoisotopic (exact) mass is 518 g/mol. The maximum Gasteiger partial charge on any atom is 0.123 e. The van der Waals surface area contributed by atoms with Crippen LogP contribution in [0.25, 0.3) is 66.1 Å². The molecule has 0 heterocycles. The highest BCUT2D eigenvalue weighted by atomic mass is 79.9. The van der Waals surface area contributed by atoms with Gasteiger partial charge in [-0.1, -0.05) is 88.7 Å². The molecule has 166 valence electrons. The van der Waals surface area contributed by atoms with Crippen molar-refractivity contribution in [2.45, 2.75) is 0 Å². The first-order valence-corrected chi connectivity index (χ1v) is 12.2. The van der Waals surface area contributed by atoms with E-state index in [4.69, 9.17) is 0 Å². The molecule has 0 saturated carbocycles. The third-order valence-electron chi connectivity index (χ3n) is 7.01. The minimum absolute atomic E-state index is 0.257. The lowest BCUT2D eigenvalue weighted by Gasteiger charge is -2.20. The molecular formula is C32H17BrF2. The Labute approximate surface area is 209 Å². The number of halogens is 3. The molecule has 0 unspecified atom stereocenters. The van der Waals surface area contributed by atoms with Gasteiger partial charge in [-0.15, -0.1) is 0 Å². The Bertz CT molecular complexity index is 1700. The van der Waals surface area contributed by atoms with Gasteiger partial charge in [-0.3, -0.25) is 0 Å². The predicted octanol–water partition coefficient (Wildman–Crippen LogP) is 10.0. The summed E-state index contributed by atoms with van der Waals surface area (Å²) in [7, 11) is 0. The predicted molar refractivity (Wildman–Crippen MR) is 144 cm³/mol. The molecule has 3 heteroatoms. The molecule has 0 amide bonds. The maximum atomic E-state index is 13.9. The minimum Gasteiger partial charge on any atom is -0.207 e. The van der Waals surface area contributed by atoms with E-state index in [0.717, 1.165) is 65.1 Å². The lowest BCUT2D eigenvalue weighted by molar-refractivity contribution is 0.627.